The van der Waals surface area contributed by atoms with Crippen molar-refractivity contribution in [2.75, 3.05) is 6.61 Å². The molecule has 3 heterocycles. The van der Waals surface area contributed by atoms with Gasteiger partial charge in [0.2, 0.25) is 0 Å². The average Bonchev–Trinajstić information content (AvgIpc) is 3.14. The highest BCUT2D eigenvalue weighted by molar-refractivity contribution is 7.15. The highest BCUT2D eigenvalue weighted by Crippen LogP contribution is 2.47. The van der Waals surface area contributed by atoms with Crippen LogP contribution in [0, 0.1) is 24.6 Å². The number of aromatic nitrogens is 1. The molecule has 0 radical (unpaired) electrons. The van der Waals surface area contributed by atoms with Crippen molar-refractivity contribution in [2.24, 2.45) is 11.8 Å². The number of nitrogens with zero attached hydrogens (tertiary/aromatic N) is 2. The van der Waals surface area contributed by atoms with Gasteiger partial charge in [-0.1, -0.05) is 37.3 Å². The molecule has 6 heteroatoms. The second-order valence-corrected chi connectivity index (χ2v) is 9.77. The van der Waals surface area contributed by atoms with E-state index < -0.39 is 0 Å². The van der Waals surface area contributed by atoms with E-state index in [0.717, 1.165) is 28.3 Å². The second-order valence-electron chi connectivity index (χ2n) is 8.57. The normalized spacial score (nSPS) is 24.5. The molecule has 1 aromatic heterocycles. The summed E-state index contributed by atoms with van der Waals surface area (Å²) in [4.78, 5) is 21.4. The van der Waals surface area contributed by atoms with Crippen molar-refractivity contribution in [3.8, 4) is 16.2 Å². The molecule has 2 aliphatic heterocycles. The van der Waals surface area contributed by atoms with Gasteiger partial charge in [0.25, 0.3) is 5.91 Å². The van der Waals surface area contributed by atoms with Gasteiger partial charge in [-0.15, -0.1) is 11.3 Å². The summed E-state index contributed by atoms with van der Waals surface area (Å²) >= 11 is 1.56. The lowest BCUT2D eigenvalue weighted by Gasteiger charge is -2.57. The minimum atomic E-state index is -0.288. The molecule has 0 spiro atoms. The number of carbonyl (C=O) groups excluding carboxylic acids is 1. The molecule has 160 valence electrons. The van der Waals surface area contributed by atoms with Crippen LogP contribution >= 0.6 is 11.3 Å². The summed E-state index contributed by atoms with van der Waals surface area (Å²) in [7, 11) is 0. The van der Waals surface area contributed by atoms with Crippen LogP contribution < -0.4 is 4.74 Å². The van der Waals surface area contributed by atoms with Crippen LogP contribution in [0.15, 0.2) is 54.6 Å². The van der Waals surface area contributed by atoms with E-state index in [2.05, 4.69) is 11.9 Å². The van der Waals surface area contributed by atoms with Gasteiger partial charge in [0, 0.05) is 6.04 Å². The predicted molar refractivity (Wildman–Crippen MR) is 120 cm³/mol. The molecule has 0 unspecified atom stereocenters. The third-order valence-electron chi connectivity index (χ3n) is 6.69. The molecule has 2 atom stereocenters. The second kappa shape index (κ2) is 8.08. The van der Waals surface area contributed by atoms with Gasteiger partial charge in [0.15, 0.2) is 0 Å². The first kappa shape index (κ1) is 20.2. The molecule has 1 saturated carbocycles. The molecule has 3 aromatic rings. The van der Waals surface area contributed by atoms with Gasteiger partial charge < -0.3 is 9.64 Å². The van der Waals surface area contributed by atoms with E-state index in [0.29, 0.717) is 29.9 Å². The van der Waals surface area contributed by atoms with E-state index >= 15 is 0 Å². The van der Waals surface area contributed by atoms with Gasteiger partial charge in [-0.25, -0.2) is 9.37 Å². The number of amides is 1. The van der Waals surface area contributed by atoms with Gasteiger partial charge in [0.05, 0.1) is 15.9 Å². The highest BCUT2D eigenvalue weighted by atomic mass is 32.1. The fourth-order valence-corrected chi connectivity index (χ4v) is 5.78. The topological polar surface area (TPSA) is 42.4 Å². The predicted octanol–water partition coefficient (Wildman–Crippen LogP) is 5.58. The van der Waals surface area contributed by atoms with E-state index in [1.165, 1.54) is 12.1 Å². The number of fused-ring (bicyclic) bond motifs is 2. The number of rotatable bonds is 5. The van der Waals surface area contributed by atoms with Crippen LogP contribution in [-0.4, -0.2) is 34.5 Å². The minimum Gasteiger partial charge on any atom is -0.491 e. The first-order valence-corrected chi connectivity index (χ1v) is 11.6. The Morgan fingerprint density at radius 2 is 1.87 bits per heavy atom. The van der Waals surface area contributed by atoms with Crippen LogP contribution in [0.4, 0.5) is 4.39 Å². The lowest BCUT2D eigenvalue weighted by Crippen LogP contribution is -2.64. The van der Waals surface area contributed by atoms with Crippen LogP contribution in [-0.2, 0) is 0 Å². The Hall–Kier alpha value is -2.73. The molecule has 4 nitrogen and oxygen atoms in total. The maximum absolute atomic E-state index is 13.8. The number of halogens is 1. The summed E-state index contributed by atoms with van der Waals surface area (Å²) in [6.07, 6.45) is 2.09. The molecule has 3 fully saturated rings. The van der Waals surface area contributed by atoms with Crippen LogP contribution in [0.2, 0.25) is 0 Å². The Labute approximate surface area is 185 Å². The molecule has 2 aromatic carbocycles. The third-order valence-corrected chi connectivity index (χ3v) is 7.71. The summed E-state index contributed by atoms with van der Waals surface area (Å²) < 4.78 is 19.2. The summed E-state index contributed by atoms with van der Waals surface area (Å²) in [5.41, 5.74) is 1.56. The first-order chi connectivity index (χ1) is 15.0. The van der Waals surface area contributed by atoms with E-state index in [1.807, 2.05) is 42.2 Å². The van der Waals surface area contributed by atoms with Crippen LogP contribution in [0.3, 0.4) is 0 Å². The number of hydrogen-bond acceptors (Lipinski definition) is 4. The molecule has 1 aliphatic carbocycles. The molecular weight excluding hydrogens is 411 g/mol. The fourth-order valence-electron chi connectivity index (χ4n) is 4.87. The standard InChI is InChI=1S/C25H25FN2O2S/c1-15-18-12-20(13-18)28(22(15)14-30-21-10-8-19(26)9-11-21)25(29)23-24(31-16(2)27-23)17-6-4-3-5-7-17/h3-11,15,18,20,22H,12-14H2,1-2H3/t15-,18?,20?,22+/m0/s1. The quantitative estimate of drug-likeness (QED) is 0.525. The molecule has 31 heavy (non-hydrogen) atoms. The number of benzene rings is 2. The molecule has 3 aliphatic rings. The number of hydrogen-bond donors (Lipinski definition) is 0. The van der Waals surface area contributed by atoms with E-state index in [4.69, 9.17) is 4.74 Å². The lowest BCUT2D eigenvalue weighted by molar-refractivity contribution is -0.0672. The van der Waals surface area contributed by atoms with Crippen molar-refractivity contribution in [3.63, 3.8) is 0 Å². The molecular formula is C25H25FN2O2S. The van der Waals surface area contributed by atoms with E-state index in [-0.39, 0.29) is 23.8 Å². The molecule has 1 amide bonds. The zero-order valence-electron chi connectivity index (χ0n) is 17.6. The van der Waals surface area contributed by atoms with Crippen molar-refractivity contribution in [2.45, 2.75) is 38.8 Å². The fraction of sp³-hybridized carbons (Fsp3) is 0.360. The van der Waals surface area contributed by atoms with Gasteiger partial charge >= 0.3 is 0 Å². The number of ether oxygens (including phenoxy) is 1. The Morgan fingerprint density at radius 1 is 1.16 bits per heavy atom. The molecule has 2 bridgehead atoms. The Morgan fingerprint density at radius 3 is 2.58 bits per heavy atom. The summed E-state index contributed by atoms with van der Waals surface area (Å²) in [5.74, 6) is 1.29. The maximum Gasteiger partial charge on any atom is 0.274 e. The number of carbonyl (C=O) groups is 1. The summed E-state index contributed by atoms with van der Waals surface area (Å²) in [6, 6.07) is 16.3. The van der Waals surface area contributed by atoms with E-state index in [1.54, 1.807) is 23.5 Å². The highest BCUT2D eigenvalue weighted by Gasteiger charge is 2.51. The van der Waals surface area contributed by atoms with Crippen molar-refractivity contribution in [1.29, 1.82) is 0 Å². The summed E-state index contributed by atoms with van der Waals surface area (Å²) in [5, 5.41) is 0.887. The van der Waals surface area contributed by atoms with Crippen molar-refractivity contribution in [1.82, 2.24) is 9.88 Å². The zero-order valence-corrected chi connectivity index (χ0v) is 18.4. The van der Waals surface area contributed by atoms with Crippen LogP contribution in [0.1, 0.15) is 35.3 Å². The minimum absolute atomic E-state index is 0.00842. The van der Waals surface area contributed by atoms with Crippen LogP contribution in [0.25, 0.3) is 10.4 Å². The average molecular weight is 437 g/mol. The number of piperidine rings is 2. The molecule has 2 saturated heterocycles. The van der Waals surface area contributed by atoms with Gasteiger partial charge in [-0.2, -0.15) is 0 Å². The monoisotopic (exact) mass is 436 g/mol. The SMILES string of the molecule is Cc1nc(C(=O)N2C3CC(C3)[C@H](C)[C@H]2COc2ccc(F)cc2)c(-c2ccccc2)s1. The van der Waals surface area contributed by atoms with Gasteiger partial charge in [-0.05, 0) is 61.4 Å². The van der Waals surface area contributed by atoms with Crippen LogP contribution in [0.5, 0.6) is 5.75 Å². The first-order valence-electron chi connectivity index (χ1n) is 10.7. The Bertz CT molecular complexity index is 1080. The lowest BCUT2D eigenvalue weighted by atomic mass is 9.64. The maximum atomic E-state index is 13.8. The van der Waals surface area contributed by atoms with Gasteiger partial charge in [-0.3, -0.25) is 4.79 Å². The summed E-state index contributed by atoms with van der Waals surface area (Å²) in [6.45, 7) is 4.56. The smallest absolute Gasteiger partial charge is 0.274 e. The Balaban J connectivity index is 1.43. The third kappa shape index (κ3) is 3.74. The largest absolute Gasteiger partial charge is 0.491 e. The van der Waals surface area contributed by atoms with Gasteiger partial charge in [0.1, 0.15) is 23.9 Å². The molecule has 6 rings (SSSR count). The van der Waals surface area contributed by atoms with Crippen molar-refractivity contribution >= 4 is 17.2 Å². The van der Waals surface area contributed by atoms with Crippen molar-refractivity contribution in [3.05, 3.63) is 71.1 Å². The molecule has 0 N–H and O–H groups in total. The van der Waals surface area contributed by atoms with E-state index in [9.17, 15) is 9.18 Å². The zero-order chi connectivity index (χ0) is 21.5. The Kier molecular flexibility index (Phi) is 5.26. The number of thiazole rings is 1. The van der Waals surface area contributed by atoms with Crippen molar-refractivity contribution < 1.29 is 13.9 Å². The number of aryl methyl sites for hydroxylation is 1.